The number of fused-ring (bicyclic) bond motifs is 1. The first kappa shape index (κ1) is 20.8. The molecule has 1 N–H and O–H groups in total. The lowest BCUT2D eigenvalue weighted by Crippen LogP contribution is -2.35. The Morgan fingerprint density at radius 1 is 1.10 bits per heavy atom. The van der Waals surface area contributed by atoms with Crippen molar-refractivity contribution in [1.82, 2.24) is 4.90 Å². The molecule has 8 nitrogen and oxygen atoms in total. The predicted octanol–water partition coefficient (Wildman–Crippen LogP) is 2.13. The number of anilines is 1. The van der Waals surface area contributed by atoms with Crippen LogP contribution in [0, 0.1) is 11.8 Å². The van der Waals surface area contributed by atoms with Gasteiger partial charge < -0.3 is 14.8 Å². The first-order valence-electron chi connectivity index (χ1n) is 9.90. The molecule has 3 atom stereocenters. The number of likely N-dealkylation sites (tertiary alicyclic amines) is 1. The van der Waals surface area contributed by atoms with Crippen molar-refractivity contribution in [1.29, 1.82) is 0 Å². The highest BCUT2D eigenvalue weighted by atomic mass is 16.5. The van der Waals surface area contributed by atoms with Crippen LogP contribution in [-0.2, 0) is 23.9 Å². The van der Waals surface area contributed by atoms with Crippen molar-refractivity contribution >= 4 is 29.4 Å². The van der Waals surface area contributed by atoms with Gasteiger partial charge >= 0.3 is 5.97 Å². The Morgan fingerprint density at radius 2 is 1.69 bits per heavy atom. The lowest BCUT2D eigenvalue weighted by Gasteiger charge is -2.19. The summed E-state index contributed by atoms with van der Waals surface area (Å²) in [7, 11) is 1.55. The van der Waals surface area contributed by atoms with Crippen LogP contribution in [0.2, 0.25) is 0 Å². The predicted molar refractivity (Wildman–Crippen MR) is 104 cm³/mol. The maximum absolute atomic E-state index is 12.4. The number of amides is 3. The van der Waals surface area contributed by atoms with Gasteiger partial charge in [-0.15, -0.1) is 0 Å². The maximum atomic E-state index is 12.4. The molecule has 3 rings (SSSR count). The molecule has 1 aromatic carbocycles. The lowest BCUT2D eigenvalue weighted by molar-refractivity contribution is -0.154. The molecule has 1 saturated heterocycles. The Hall–Kier alpha value is -2.90. The summed E-state index contributed by atoms with van der Waals surface area (Å²) in [5.74, 6) is -1.27. The van der Waals surface area contributed by atoms with Crippen LogP contribution in [0.15, 0.2) is 24.3 Å². The zero-order valence-electron chi connectivity index (χ0n) is 16.7. The molecule has 2 fully saturated rings. The van der Waals surface area contributed by atoms with Crippen LogP contribution in [0.3, 0.4) is 0 Å². The Labute approximate surface area is 169 Å². The second kappa shape index (κ2) is 9.07. The molecule has 0 unspecified atom stereocenters. The van der Waals surface area contributed by atoms with Gasteiger partial charge in [0.15, 0.2) is 6.10 Å². The molecule has 0 bridgehead atoms. The molecule has 0 aromatic heterocycles. The minimum absolute atomic E-state index is 0.00365. The van der Waals surface area contributed by atoms with Crippen molar-refractivity contribution in [3.8, 4) is 5.75 Å². The number of rotatable bonds is 7. The third-order valence-corrected chi connectivity index (χ3v) is 5.51. The minimum Gasteiger partial charge on any atom is -0.497 e. The van der Waals surface area contributed by atoms with Crippen molar-refractivity contribution < 1.29 is 28.7 Å². The summed E-state index contributed by atoms with van der Waals surface area (Å²) in [6.45, 7) is 1.47. The second-order valence-corrected chi connectivity index (χ2v) is 7.43. The van der Waals surface area contributed by atoms with Crippen LogP contribution in [0.4, 0.5) is 5.69 Å². The van der Waals surface area contributed by atoms with Crippen LogP contribution >= 0.6 is 0 Å². The quantitative estimate of drug-likeness (QED) is 0.554. The van der Waals surface area contributed by atoms with Crippen LogP contribution < -0.4 is 10.1 Å². The van der Waals surface area contributed by atoms with Crippen LogP contribution in [0.1, 0.15) is 39.0 Å². The van der Waals surface area contributed by atoms with E-state index in [4.69, 9.17) is 9.47 Å². The van der Waals surface area contributed by atoms with Crippen LogP contribution in [0.25, 0.3) is 0 Å². The first-order valence-corrected chi connectivity index (χ1v) is 9.90. The van der Waals surface area contributed by atoms with Gasteiger partial charge in [0.05, 0.1) is 25.4 Å². The van der Waals surface area contributed by atoms with E-state index in [1.807, 2.05) is 0 Å². The second-order valence-electron chi connectivity index (χ2n) is 7.43. The highest BCUT2D eigenvalue weighted by molar-refractivity contribution is 6.05. The molecule has 1 aliphatic carbocycles. The number of hydrogen-bond donors (Lipinski definition) is 1. The molecular formula is C21H26N2O6. The molecule has 156 valence electrons. The monoisotopic (exact) mass is 402 g/mol. The van der Waals surface area contributed by atoms with Crippen LogP contribution in [0.5, 0.6) is 5.75 Å². The molecule has 0 radical (unpaired) electrons. The van der Waals surface area contributed by atoms with Gasteiger partial charge in [0.25, 0.3) is 5.91 Å². The number of nitrogens with zero attached hydrogens (tertiary/aromatic N) is 1. The smallest absolute Gasteiger partial charge is 0.308 e. The number of methoxy groups -OCH3 is 1. The number of carbonyl (C=O) groups is 4. The van der Waals surface area contributed by atoms with Gasteiger partial charge in [-0.3, -0.25) is 24.1 Å². The van der Waals surface area contributed by atoms with Crippen LogP contribution in [-0.4, -0.2) is 48.3 Å². The molecule has 8 heteroatoms. The van der Waals surface area contributed by atoms with Gasteiger partial charge in [-0.25, -0.2) is 0 Å². The van der Waals surface area contributed by atoms with E-state index in [0.717, 1.165) is 25.7 Å². The summed E-state index contributed by atoms with van der Waals surface area (Å²) in [5.41, 5.74) is 0.551. The third kappa shape index (κ3) is 4.75. The molecule has 1 heterocycles. The van der Waals surface area contributed by atoms with E-state index >= 15 is 0 Å². The van der Waals surface area contributed by atoms with E-state index in [1.165, 1.54) is 11.8 Å². The minimum atomic E-state index is -1.00. The normalized spacial score (nSPS) is 22.1. The zero-order chi connectivity index (χ0) is 21.0. The van der Waals surface area contributed by atoms with Gasteiger partial charge in [-0.2, -0.15) is 0 Å². The average molecular weight is 402 g/mol. The summed E-state index contributed by atoms with van der Waals surface area (Å²) in [5, 5.41) is 2.65. The van der Waals surface area contributed by atoms with E-state index < -0.39 is 18.0 Å². The highest BCUT2D eigenvalue weighted by Gasteiger charge is 2.47. The summed E-state index contributed by atoms with van der Waals surface area (Å²) >= 11 is 0. The molecular weight excluding hydrogens is 376 g/mol. The van der Waals surface area contributed by atoms with Gasteiger partial charge in [-0.1, -0.05) is 12.8 Å². The first-order chi connectivity index (χ1) is 13.9. The standard InChI is InChI=1S/C21H26N2O6/c1-13(19(25)22-14-7-9-15(28-2)10-8-14)29-18(24)11-12-23-20(26)16-5-3-4-6-17(16)21(23)27/h7-10,13,16-17H,3-6,11-12H2,1-2H3,(H,22,25)/t13-,16-,17+/m1/s1. The number of carbonyl (C=O) groups excluding carboxylic acids is 4. The van der Waals surface area contributed by atoms with Crippen molar-refractivity contribution in [3.63, 3.8) is 0 Å². The summed E-state index contributed by atoms with van der Waals surface area (Å²) < 4.78 is 10.2. The van der Waals surface area contributed by atoms with Gasteiger partial charge in [0, 0.05) is 12.2 Å². The number of ether oxygens (including phenoxy) is 2. The zero-order valence-corrected chi connectivity index (χ0v) is 16.7. The molecule has 0 spiro atoms. The number of hydrogen-bond acceptors (Lipinski definition) is 6. The molecule has 1 saturated carbocycles. The fraction of sp³-hybridized carbons (Fsp3) is 0.524. The topological polar surface area (TPSA) is 102 Å². The Balaban J connectivity index is 1.46. The van der Waals surface area contributed by atoms with Crippen molar-refractivity contribution in [2.45, 2.75) is 45.1 Å². The van der Waals surface area contributed by atoms with Crippen molar-refractivity contribution in [2.24, 2.45) is 11.8 Å². The number of imide groups is 1. The fourth-order valence-corrected chi connectivity index (χ4v) is 3.88. The van der Waals surface area contributed by atoms with E-state index in [1.54, 1.807) is 31.4 Å². The molecule has 1 aliphatic heterocycles. The number of nitrogens with one attached hydrogen (secondary N) is 1. The maximum Gasteiger partial charge on any atom is 0.308 e. The number of esters is 1. The van der Waals surface area contributed by atoms with Gasteiger partial charge in [0.2, 0.25) is 11.8 Å². The van der Waals surface area contributed by atoms with E-state index in [-0.39, 0.29) is 36.6 Å². The van der Waals surface area contributed by atoms with Gasteiger partial charge in [-0.05, 0) is 44.0 Å². The Morgan fingerprint density at radius 3 is 2.24 bits per heavy atom. The summed E-state index contributed by atoms with van der Waals surface area (Å²) in [6, 6.07) is 6.76. The van der Waals surface area contributed by atoms with Gasteiger partial charge in [0.1, 0.15) is 5.75 Å². The fourth-order valence-electron chi connectivity index (χ4n) is 3.88. The molecule has 2 aliphatic rings. The highest BCUT2D eigenvalue weighted by Crippen LogP contribution is 2.37. The van der Waals surface area contributed by atoms with Crippen molar-refractivity contribution in [2.75, 3.05) is 19.0 Å². The molecule has 29 heavy (non-hydrogen) atoms. The number of benzene rings is 1. The largest absolute Gasteiger partial charge is 0.497 e. The Bertz CT molecular complexity index is 767. The summed E-state index contributed by atoms with van der Waals surface area (Å²) in [4.78, 5) is 50.3. The lowest BCUT2D eigenvalue weighted by atomic mass is 9.81. The van der Waals surface area contributed by atoms with E-state index in [2.05, 4.69) is 5.32 Å². The molecule has 1 aromatic rings. The average Bonchev–Trinajstić information content (AvgIpc) is 2.97. The van der Waals surface area contributed by atoms with Crippen molar-refractivity contribution in [3.05, 3.63) is 24.3 Å². The molecule has 3 amide bonds. The van der Waals surface area contributed by atoms with E-state index in [9.17, 15) is 19.2 Å². The third-order valence-electron chi connectivity index (χ3n) is 5.51. The summed E-state index contributed by atoms with van der Waals surface area (Å²) in [6.07, 6.45) is 2.25. The SMILES string of the molecule is COc1ccc(NC(=O)[C@@H](C)OC(=O)CCN2C(=O)[C@H]3CCCC[C@H]3C2=O)cc1. The van der Waals surface area contributed by atoms with E-state index in [0.29, 0.717) is 11.4 Å². The Kier molecular flexibility index (Phi) is 6.51.